The van der Waals surface area contributed by atoms with Crippen LogP contribution in [0.3, 0.4) is 0 Å². The number of phenols is 2. The van der Waals surface area contributed by atoms with Crippen LogP contribution in [0.5, 0.6) is 11.5 Å². The lowest BCUT2D eigenvalue weighted by molar-refractivity contribution is 0.445. The molecule has 132 valence electrons. The molecule has 2 rings (SSSR count). The molecule has 0 unspecified atom stereocenters. The molecule has 24 heavy (non-hydrogen) atoms. The average Bonchev–Trinajstić information content (AvgIpc) is 2.39. The van der Waals surface area contributed by atoms with E-state index in [2.05, 4.69) is 41.5 Å². The summed E-state index contributed by atoms with van der Waals surface area (Å²) in [5, 5.41) is 19.2. The first-order chi connectivity index (χ1) is 10.8. The maximum absolute atomic E-state index is 9.63. The first-order valence-corrected chi connectivity index (χ1v) is 8.42. The summed E-state index contributed by atoms with van der Waals surface area (Å²) in [7, 11) is 0. The highest BCUT2D eigenvalue weighted by molar-refractivity contribution is 5.40. The van der Waals surface area contributed by atoms with Crippen LogP contribution in [0.25, 0.3) is 0 Å². The van der Waals surface area contributed by atoms with E-state index >= 15 is 0 Å². The van der Waals surface area contributed by atoms with Crippen LogP contribution in [0.15, 0.2) is 36.4 Å². The van der Waals surface area contributed by atoms with Crippen LogP contribution < -0.4 is 0 Å². The van der Waals surface area contributed by atoms with Gasteiger partial charge in [-0.2, -0.15) is 0 Å². The molecule has 2 heteroatoms. The predicted octanol–water partition coefficient (Wildman–Crippen LogP) is 6.00. The van der Waals surface area contributed by atoms with Crippen LogP contribution in [-0.4, -0.2) is 10.2 Å². The Bertz CT molecular complexity index is 686. The fourth-order valence-electron chi connectivity index (χ4n) is 2.53. The molecule has 2 nitrogen and oxygen atoms in total. The van der Waals surface area contributed by atoms with E-state index in [1.54, 1.807) is 12.1 Å². The highest BCUT2D eigenvalue weighted by Crippen LogP contribution is 2.31. The Morgan fingerprint density at radius 3 is 1.46 bits per heavy atom. The molecule has 2 N–H and O–H groups in total. The molecule has 0 amide bonds. The van der Waals surface area contributed by atoms with Crippen molar-refractivity contribution in [3.63, 3.8) is 0 Å². The van der Waals surface area contributed by atoms with Crippen LogP contribution in [0.1, 0.15) is 63.8 Å². The van der Waals surface area contributed by atoms with Gasteiger partial charge in [0.15, 0.2) is 0 Å². The van der Waals surface area contributed by atoms with Gasteiger partial charge in [0.05, 0.1) is 0 Å². The summed E-state index contributed by atoms with van der Waals surface area (Å²) in [6, 6.07) is 11.5. The molecule has 0 bridgehead atoms. The van der Waals surface area contributed by atoms with Gasteiger partial charge in [-0.25, -0.2) is 0 Å². The second-order valence-corrected chi connectivity index (χ2v) is 8.54. The molecule has 0 saturated heterocycles. The molecule has 0 spiro atoms. The third-order valence-electron chi connectivity index (χ3n) is 3.92. The third kappa shape index (κ3) is 5.59. The van der Waals surface area contributed by atoms with Crippen molar-refractivity contribution in [3.8, 4) is 11.5 Å². The normalized spacial score (nSPS) is 11.7. The van der Waals surface area contributed by atoms with Crippen LogP contribution in [0.4, 0.5) is 0 Å². The summed E-state index contributed by atoms with van der Waals surface area (Å²) in [5.74, 6) is 0.801. The molecule has 0 fully saturated rings. The van der Waals surface area contributed by atoms with Crippen LogP contribution >= 0.6 is 0 Å². The molecule has 0 radical (unpaired) electrons. The van der Waals surface area contributed by atoms with Crippen molar-refractivity contribution in [3.05, 3.63) is 58.7 Å². The molecular weight excluding hydrogens is 296 g/mol. The quantitative estimate of drug-likeness (QED) is 0.623. The van der Waals surface area contributed by atoms with Gasteiger partial charge in [-0.3, -0.25) is 0 Å². The minimum absolute atomic E-state index is 0.0239. The third-order valence-corrected chi connectivity index (χ3v) is 3.92. The number of rotatable bonds is 0. The second-order valence-electron chi connectivity index (χ2n) is 8.54. The van der Waals surface area contributed by atoms with E-state index in [9.17, 15) is 10.2 Å². The summed E-state index contributed by atoms with van der Waals surface area (Å²) < 4.78 is 0. The molecule has 0 atom stereocenters. The van der Waals surface area contributed by atoms with Crippen molar-refractivity contribution in [1.82, 2.24) is 0 Å². The number of aromatic hydroxyl groups is 2. The molecule has 0 aliphatic rings. The van der Waals surface area contributed by atoms with Gasteiger partial charge in [0.1, 0.15) is 11.5 Å². The van der Waals surface area contributed by atoms with E-state index in [4.69, 9.17) is 0 Å². The number of aryl methyl sites for hydroxylation is 2. The number of hydrogen-bond donors (Lipinski definition) is 2. The van der Waals surface area contributed by atoms with Crippen LogP contribution in [0.2, 0.25) is 0 Å². The maximum atomic E-state index is 9.63. The Morgan fingerprint density at radius 1 is 0.583 bits per heavy atom. The van der Waals surface area contributed by atoms with Gasteiger partial charge in [0.25, 0.3) is 0 Å². The minimum Gasteiger partial charge on any atom is -0.508 e. The largest absolute Gasteiger partial charge is 0.508 e. The molecule has 0 aliphatic carbocycles. The van der Waals surface area contributed by atoms with Gasteiger partial charge in [0, 0.05) is 0 Å². The fraction of sp³-hybridized carbons (Fsp3) is 0.455. The summed E-state index contributed by atoms with van der Waals surface area (Å²) in [6.45, 7) is 16.6. The van der Waals surface area contributed by atoms with E-state index in [-0.39, 0.29) is 10.8 Å². The Balaban J connectivity index is 0.000000240. The van der Waals surface area contributed by atoms with E-state index < -0.39 is 0 Å². The SMILES string of the molecule is Cc1ccc(C(C)(C)C)c(O)c1.Cc1ccc(O)c(C(C)(C)C)c1. The van der Waals surface area contributed by atoms with Crippen molar-refractivity contribution in [2.45, 2.75) is 66.2 Å². The summed E-state index contributed by atoms with van der Waals surface area (Å²) in [6.07, 6.45) is 0. The monoisotopic (exact) mass is 328 g/mol. The Morgan fingerprint density at radius 2 is 1.04 bits per heavy atom. The molecule has 2 aromatic rings. The zero-order chi connectivity index (χ0) is 18.7. The minimum atomic E-state index is 0.0239. The van der Waals surface area contributed by atoms with Crippen molar-refractivity contribution < 1.29 is 10.2 Å². The van der Waals surface area contributed by atoms with Crippen molar-refractivity contribution in [1.29, 1.82) is 0 Å². The lowest BCUT2D eigenvalue weighted by atomic mass is 9.85. The topological polar surface area (TPSA) is 40.5 Å². The molecule has 0 aliphatic heterocycles. The lowest BCUT2D eigenvalue weighted by Gasteiger charge is -2.20. The van der Waals surface area contributed by atoms with Gasteiger partial charge < -0.3 is 10.2 Å². The Kier molecular flexibility index (Phi) is 6.10. The summed E-state index contributed by atoms with van der Waals surface area (Å²) >= 11 is 0. The van der Waals surface area contributed by atoms with Crippen molar-refractivity contribution >= 4 is 0 Å². The lowest BCUT2D eigenvalue weighted by Crippen LogP contribution is -2.11. The molecular formula is C22H32O2. The summed E-state index contributed by atoms with van der Waals surface area (Å²) in [4.78, 5) is 0. The van der Waals surface area contributed by atoms with E-state index in [1.165, 1.54) is 5.56 Å². The maximum Gasteiger partial charge on any atom is 0.119 e. The second kappa shape index (κ2) is 7.29. The zero-order valence-electron chi connectivity index (χ0n) is 16.4. The number of phenolic OH excluding ortho intramolecular Hbond substituents is 2. The van der Waals surface area contributed by atoms with E-state index in [0.717, 1.165) is 16.7 Å². The van der Waals surface area contributed by atoms with Gasteiger partial charge in [-0.1, -0.05) is 71.4 Å². The Labute approximate surface area is 147 Å². The molecule has 0 heterocycles. The standard InChI is InChI=1S/2C11H16O/c1-8-5-6-10(12)9(7-8)11(2,3)4;1-8-5-6-9(10(12)7-8)11(2,3)4/h2*5-7,12H,1-4H3. The van der Waals surface area contributed by atoms with Crippen molar-refractivity contribution in [2.75, 3.05) is 0 Å². The van der Waals surface area contributed by atoms with Gasteiger partial charge in [0.2, 0.25) is 0 Å². The van der Waals surface area contributed by atoms with Crippen molar-refractivity contribution in [2.24, 2.45) is 0 Å². The van der Waals surface area contributed by atoms with E-state index in [0.29, 0.717) is 11.5 Å². The average molecular weight is 328 g/mol. The zero-order valence-corrected chi connectivity index (χ0v) is 16.4. The molecule has 0 saturated carbocycles. The highest BCUT2D eigenvalue weighted by Gasteiger charge is 2.18. The molecule has 0 aromatic heterocycles. The predicted molar refractivity (Wildman–Crippen MR) is 103 cm³/mol. The summed E-state index contributed by atoms with van der Waals surface area (Å²) in [5.41, 5.74) is 4.36. The number of benzene rings is 2. The fourth-order valence-corrected chi connectivity index (χ4v) is 2.53. The Hall–Kier alpha value is -1.96. The van der Waals surface area contributed by atoms with Gasteiger partial charge in [-0.15, -0.1) is 0 Å². The highest BCUT2D eigenvalue weighted by atomic mass is 16.3. The van der Waals surface area contributed by atoms with Crippen LogP contribution in [0, 0.1) is 13.8 Å². The first-order valence-electron chi connectivity index (χ1n) is 8.42. The van der Waals surface area contributed by atoms with E-state index in [1.807, 2.05) is 38.1 Å². The number of hydrogen-bond acceptors (Lipinski definition) is 2. The van der Waals surface area contributed by atoms with Gasteiger partial charge in [-0.05, 0) is 53.5 Å². The van der Waals surface area contributed by atoms with Crippen LogP contribution in [-0.2, 0) is 10.8 Å². The van der Waals surface area contributed by atoms with Gasteiger partial charge >= 0.3 is 0 Å². The smallest absolute Gasteiger partial charge is 0.119 e. The molecule has 2 aromatic carbocycles. The first kappa shape index (κ1) is 20.1.